The van der Waals surface area contributed by atoms with Crippen molar-refractivity contribution in [3.63, 3.8) is 0 Å². The molecule has 1 aliphatic heterocycles. The molecule has 0 unspecified atom stereocenters. The van der Waals surface area contributed by atoms with Crippen molar-refractivity contribution in [3.05, 3.63) is 35.9 Å². The number of amides is 1. The van der Waals surface area contributed by atoms with Crippen molar-refractivity contribution >= 4 is 17.7 Å². The molecule has 0 spiro atoms. The highest BCUT2D eigenvalue weighted by Gasteiger charge is 2.28. The maximum Gasteiger partial charge on any atom is 0.289 e. The van der Waals surface area contributed by atoms with Gasteiger partial charge in [0.05, 0.1) is 5.75 Å². The van der Waals surface area contributed by atoms with Gasteiger partial charge in [-0.2, -0.15) is 16.7 Å². The molecular formula is C14H17N3O3S. The normalized spacial score (nSPS) is 16.3. The summed E-state index contributed by atoms with van der Waals surface area (Å²) in [6.07, 6.45) is 5.06. The first-order chi connectivity index (χ1) is 10.3. The molecule has 2 aromatic rings. The third kappa shape index (κ3) is 3.12. The number of nitrogens with zero attached hydrogens (tertiary/aromatic N) is 3. The van der Waals surface area contributed by atoms with Crippen molar-refractivity contribution in [1.29, 1.82) is 0 Å². The molecule has 1 amide bonds. The van der Waals surface area contributed by atoms with E-state index in [9.17, 15) is 4.79 Å². The van der Waals surface area contributed by atoms with Crippen LogP contribution in [0.4, 0.5) is 0 Å². The number of furan rings is 1. The molecule has 7 heteroatoms. The van der Waals surface area contributed by atoms with Crippen LogP contribution in [0.1, 0.15) is 40.9 Å². The van der Waals surface area contributed by atoms with Crippen LogP contribution in [-0.4, -0.2) is 40.3 Å². The molecule has 0 atom stereocenters. The molecule has 1 fully saturated rings. The van der Waals surface area contributed by atoms with Gasteiger partial charge in [0.25, 0.3) is 5.91 Å². The zero-order valence-electron chi connectivity index (χ0n) is 11.8. The van der Waals surface area contributed by atoms with E-state index >= 15 is 0 Å². The van der Waals surface area contributed by atoms with Crippen LogP contribution in [0.25, 0.3) is 0 Å². The van der Waals surface area contributed by atoms with Gasteiger partial charge in [-0.05, 0) is 31.2 Å². The largest absolute Gasteiger partial charge is 0.455 e. The second kappa shape index (κ2) is 6.34. The van der Waals surface area contributed by atoms with Crippen LogP contribution < -0.4 is 0 Å². The van der Waals surface area contributed by atoms with Crippen molar-refractivity contribution in [2.75, 3.05) is 19.3 Å². The van der Waals surface area contributed by atoms with E-state index in [0.29, 0.717) is 18.8 Å². The standard InChI is InChI=1S/C14H17N3O3S/c1-21-8-11-2-3-12(20-11)14(18)17-6-4-10(5-7-17)13-15-9-19-16-13/h2-3,9-10H,4-8H2,1H3. The summed E-state index contributed by atoms with van der Waals surface area (Å²) in [5.74, 6) is 3.03. The predicted octanol–water partition coefficient (Wildman–Crippen LogP) is 2.55. The van der Waals surface area contributed by atoms with Gasteiger partial charge in [-0.15, -0.1) is 0 Å². The fourth-order valence-electron chi connectivity index (χ4n) is 2.57. The number of thioether (sulfide) groups is 1. The Bertz CT molecular complexity index is 588. The van der Waals surface area contributed by atoms with E-state index in [1.807, 2.05) is 17.2 Å². The molecule has 21 heavy (non-hydrogen) atoms. The lowest BCUT2D eigenvalue weighted by molar-refractivity contribution is 0.0677. The van der Waals surface area contributed by atoms with E-state index in [0.717, 1.165) is 30.2 Å². The minimum atomic E-state index is -0.0334. The van der Waals surface area contributed by atoms with Gasteiger partial charge in [-0.25, -0.2) is 0 Å². The first-order valence-electron chi connectivity index (χ1n) is 6.91. The summed E-state index contributed by atoms with van der Waals surface area (Å²) in [7, 11) is 0. The summed E-state index contributed by atoms with van der Waals surface area (Å²) < 4.78 is 10.4. The van der Waals surface area contributed by atoms with Crippen LogP contribution in [0.5, 0.6) is 0 Å². The lowest BCUT2D eigenvalue weighted by atomic mass is 9.96. The second-order valence-corrected chi connectivity index (χ2v) is 5.92. The summed E-state index contributed by atoms with van der Waals surface area (Å²) in [6.45, 7) is 1.38. The van der Waals surface area contributed by atoms with Crippen LogP contribution in [0, 0.1) is 0 Å². The molecule has 6 nitrogen and oxygen atoms in total. The van der Waals surface area contributed by atoms with E-state index < -0.39 is 0 Å². The van der Waals surface area contributed by atoms with Gasteiger partial charge in [0.2, 0.25) is 6.39 Å². The molecule has 2 aromatic heterocycles. The molecular weight excluding hydrogens is 290 g/mol. The quantitative estimate of drug-likeness (QED) is 0.864. The Balaban J connectivity index is 1.59. The monoisotopic (exact) mass is 307 g/mol. The maximum atomic E-state index is 12.4. The number of piperidine rings is 1. The van der Waals surface area contributed by atoms with Gasteiger partial charge in [0.1, 0.15) is 5.76 Å². The number of carbonyl (C=O) groups is 1. The lowest BCUT2D eigenvalue weighted by Crippen LogP contribution is -2.37. The maximum absolute atomic E-state index is 12.4. The fourth-order valence-corrected chi connectivity index (χ4v) is 3.01. The van der Waals surface area contributed by atoms with Crippen LogP contribution in [0.3, 0.4) is 0 Å². The van der Waals surface area contributed by atoms with Crippen molar-refractivity contribution in [2.24, 2.45) is 0 Å². The molecule has 0 N–H and O–H groups in total. The molecule has 0 aromatic carbocycles. The van der Waals surface area contributed by atoms with Crippen molar-refractivity contribution in [3.8, 4) is 0 Å². The van der Waals surface area contributed by atoms with Gasteiger partial charge in [0, 0.05) is 19.0 Å². The molecule has 0 radical (unpaired) electrons. The summed E-state index contributed by atoms with van der Waals surface area (Å²) in [5, 5.41) is 3.88. The van der Waals surface area contributed by atoms with Gasteiger partial charge in [0.15, 0.2) is 11.6 Å². The smallest absolute Gasteiger partial charge is 0.289 e. The first-order valence-corrected chi connectivity index (χ1v) is 8.30. The van der Waals surface area contributed by atoms with Crippen molar-refractivity contribution in [1.82, 2.24) is 15.0 Å². The molecule has 1 saturated heterocycles. The van der Waals surface area contributed by atoms with E-state index in [4.69, 9.17) is 8.94 Å². The highest BCUT2D eigenvalue weighted by molar-refractivity contribution is 7.97. The number of carbonyl (C=O) groups excluding carboxylic acids is 1. The Labute approximate surface area is 126 Å². The molecule has 0 bridgehead atoms. The summed E-state index contributed by atoms with van der Waals surface area (Å²) in [5.41, 5.74) is 0. The Hall–Kier alpha value is -1.76. The number of hydrogen-bond acceptors (Lipinski definition) is 6. The van der Waals surface area contributed by atoms with Gasteiger partial charge < -0.3 is 13.8 Å². The summed E-state index contributed by atoms with van der Waals surface area (Å²) in [4.78, 5) is 18.3. The van der Waals surface area contributed by atoms with Crippen molar-refractivity contribution < 1.29 is 13.7 Å². The van der Waals surface area contributed by atoms with Crippen molar-refractivity contribution in [2.45, 2.75) is 24.5 Å². The predicted molar refractivity (Wildman–Crippen MR) is 78.1 cm³/mol. The zero-order chi connectivity index (χ0) is 14.7. The van der Waals surface area contributed by atoms with E-state index in [1.54, 1.807) is 17.8 Å². The fraction of sp³-hybridized carbons (Fsp3) is 0.500. The van der Waals surface area contributed by atoms with E-state index in [1.165, 1.54) is 6.39 Å². The Morgan fingerprint density at radius 2 is 2.24 bits per heavy atom. The minimum absolute atomic E-state index is 0.0334. The highest BCUT2D eigenvalue weighted by Crippen LogP contribution is 2.26. The lowest BCUT2D eigenvalue weighted by Gasteiger charge is -2.29. The highest BCUT2D eigenvalue weighted by atomic mass is 32.2. The Kier molecular flexibility index (Phi) is 4.28. The van der Waals surface area contributed by atoms with Crippen LogP contribution in [-0.2, 0) is 5.75 Å². The summed E-state index contributed by atoms with van der Waals surface area (Å²) >= 11 is 1.67. The second-order valence-electron chi connectivity index (χ2n) is 5.05. The third-order valence-corrected chi connectivity index (χ3v) is 4.26. The van der Waals surface area contributed by atoms with E-state index in [2.05, 4.69) is 10.1 Å². The minimum Gasteiger partial charge on any atom is -0.455 e. The number of aromatic nitrogens is 2. The SMILES string of the molecule is CSCc1ccc(C(=O)N2CCC(c3ncon3)CC2)o1. The molecule has 3 heterocycles. The first kappa shape index (κ1) is 14.2. The molecule has 0 aliphatic carbocycles. The number of likely N-dealkylation sites (tertiary alicyclic amines) is 1. The number of hydrogen-bond donors (Lipinski definition) is 0. The van der Waals surface area contributed by atoms with Gasteiger partial charge in [-0.3, -0.25) is 4.79 Å². The van der Waals surface area contributed by atoms with Crippen LogP contribution in [0.2, 0.25) is 0 Å². The molecule has 0 saturated carbocycles. The average molecular weight is 307 g/mol. The van der Waals surface area contributed by atoms with Gasteiger partial charge >= 0.3 is 0 Å². The molecule has 3 rings (SSSR count). The van der Waals surface area contributed by atoms with Crippen LogP contribution in [0.15, 0.2) is 27.5 Å². The third-order valence-electron chi connectivity index (χ3n) is 3.68. The molecule has 112 valence electrons. The van der Waals surface area contributed by atoms with Gasteiger partial charge in [-0.1, -0.05) is 5.16 Å². The van der Waals surface area contributed by atoms with Crippen LogP contribution >= 0.6 is 11.8 Å². The topological polar surface area (TPSA) is 72.4 Å². The Morgan fingerprint density at radius 3 is 2.90 bits per heavy atom. The molecule has 1 aliphatic rings. The average Bonchev–Trinajstić information content (AvgIpc) is 3.19. The number of rotatable bonds is 4. The summed E-state index contributed by atoms with van der Waals surface area (Å²) in [6, 6.07) is 3.63. The van der Waals surface area contributed by atoms with E-state index in [-0.39, 0.29) is 11.8 Å². The zero-order valence-corrected chi connectivity index (χ0v) is 12.6. The Morgan fingerprint density at radius 1 is 1.43 bits per heavy atom.